The number of carbonyl (C=O) groups excluding carboxylic acids is 1. The highest BCUT2D eigenvalue weighted by molar-refractivity contribution is 9.10. The molecule has 0 radical (unpaired) electrons. The van der Waals surface area contributed by atoms with E-state index in [1.165, 1.54) is 30.4 Å². The van der Waals surface area contributed by atoms with Crippen LogP contribution in [-0.2, 0) is 6.54 Å². The zero-order valence-electron chi connectivity index (χ0n) is 16.6. The Bertz CT molecular complexity index is 1430. The third-order valence-electron chi connectivity index (χ3n) is 5.42. The lowest BCUT2D eigenvalue weighted by atomic mass is 9.98. The Balaban J connectivity index is 1.78. The summed E-state index contributed by atoms with van der Waals surface area (Å²) in [7, 11) is 1.39. The number of nitrogens with zero attached hydrogens (tertiary/aromatic N) is 1. The summed E-state index contributed by atoms with van der Waals surface area (Å²) >= 11 is 3.29. The first kappa shape index (κ1) is 20.3. The van der Waals surface area contributed by atoms with Crippen molar-refractivity contribution in [2.24, 2.45) is 0 Å². The minimum absolute atomic E-state index is 0.0335. The van der Waals surface area contributed by atoms with Crippen LogP contribution in [0.15, 0.2) is 66.8 Å². The van der Waals surface area contributed by atoms with Crippen LogP contribution < -0.4 is 10.2 Å². The van der Waals surface area contributed by atoms with Gasteiger partial charge in [0.15, 0.2) is 16.9 Å². The maximum Gasteiger partial charge on any atom is 0.291 e. The molecule has 7 nitrogen and oxygen atoms in total. The van der Waals surface area contributed by atoms with Gasteiger partial charge in [-0.05, 0) is 64.0 Å². The van der Waals surface area contributed by atoms with Crippen LogP contribution in [-0.4, -0.2) is 23.0 Å². The predicted octanol–water partition coefficient (Wildman–Crippen LogP) is 4.75. The van der Waals surface area contributed by atoms with Gasteiger partial charge in [0.2, 0.25) is 5.76 Å². The van der Waals surface area contributed by atoms with E-state index in [4.69, 9.17) is 13.6 Å². The van der Waals surface area contributed by atoms with Gasteiger partial charge in [0, 0.05) is 0 Å². The van der Waals surface area contributed by atoms with Crippen molar-refractivity contribution in [3.05, 3.63) is 91.9 Å². The molecule has 0 spiro atoms. The van der Waals surface area contributed by atoms with Crippen molar-refractivity contribution in [3.63, 3.8) is 0 Å². The van der Waals surface area contributed by atoms with Crippen LogP contribution in [0.25, 0.3) is 11.0 Å². The van der Waals surface area contributed by atoms with Crippen LogP contribution in [0.2, 0.25) is 0 Å². The van der Waals surface area contributed by atoms with Crippen LogP contribution in [0.3, 0.4) is 0 Å². The van der Waals surface area contributed by atoms with Gasteiger partial charge in [-0.2, -0.15) is 0 Å². The molecule has 1 amide bonds. The standard InChI is InChI=1S/C23H15BrFNO6/c1-30-17-8-11(7-15(24)21(17)28)19-18-20(27)14-9-12(25)4-5-16(14)32-22(18)23(29)26(19)10-13-3-2-6-31-13/h2-9,19,28H,10H2,1H3. The quantitative estimate of drug-likeness (QED) is 0.435. The number of ether oxygens (including phenoxy) is 1. The lowest BCUT2D eigenvalue weighted by Gasteiger charge is -2.25. The van der Waals surface area contributed by atoms with Crippen molar-refractivity contribution < 1.29 is 27.9 Å². The molecular formula is C23H15BrFNO6. The number of hydrogen-bond donors (Lipinski definition) is 1. The van der Waals surface area contributed by atoms with E-state index in [2.05, 4.69) is 15.9 Å². The molecule has 3 heterocycles. The van der Waals surface area contributed by atoms with Crippen molar-refractivity contribution in [1.29, 1.82) is 0 Å². The number of rotatable bonds is 4. The Morgan fingerprint density at radius 3 is 2.75 bits per heavy atom. The third kappa shape index (κ3) is 3.08. The molecule has 2 aromatic heterocycles. The number of methoxy groups -OCH3 is 1. The first-order chi connectivity index (χ1) is 15.4. The molecule has 0 saturated carbocycles. The summed E-state index contributed by atoms with van der Waals surface area (Å²) < 4.78 is 30.6. The number of hydrogen-bond acceptors (Lipinski definition) is 6. The van der Waals surface area contributed by atoms with Gasteiger partial charge in [0.05, 0.1) is 41.4 Å². The molecule has 0 aliphatic carbocycles. The van der Waals surface area contributed by atoms with Crippen molar-refractivity contribution in [3.8, 4) is 11.5 Å². The highest BCUT2D eigenvalue weighted by atomic mass is 79.9. The Morgan fingerprint density at radius 1 is 1.22 bits per heavy atom. The minimum atomic E-state index is -0.877. The fraction of sp³-hybridized carbons (Fsp3) is 0.130. The van der Waals surface area contributed by atoms with E-state index in [1.807, 2.05) is 0 Å². The van der Waals surface area contributed by atoms with Gasteiger partial charge in [-0.25, -0.2) is 4.39 Å². The summed E-state index contributed by atoms with van der Waals surface area (Å²) in [6.07, 6.45) is 1.48. The molecule has 1 unspecified atom stereocenters. The molecule has 0 saturated heterocycles. The molecule has 1 aliphatic heterocycles. The van der Waals surface area contributed by atoms with Crippen LogP contribution >= 0.6 is 15.9 Å². The predicted molar refractivity (Wildman–Crippen MR) is 115 cm³/mol. The Hall–Kier alpha value is -3.59. The van der Waals surface area contributed by atoms with Gasteiger partial charge in [-0.3, -0.25) is 9.59 Å². The Morgan fingerprint density at radius 2 is 2.03 bits per heavy atom. The van der Waals surface area contributed by atoms with Crippen molar-refractivity contribution >= 4 is 32.8 Å². The highest BCUT2D eigenvalue weighted by Crippen LogP contribution is 2.44. The second kappa shape index (κ2) is 7.52. The average molecular weight is 500 g/mol. The molecule has 0 fully saturated rings. The topological polar surface area (TPSA) is 93.1 Å². The van der Waals surface area contributed by atoms with Crippen LogP contribution in [0.4, 0.5) is 4.39 Å². The highest BCUT2D eigenvalue weighted by Gasteiger charge is 2.43. The van der Waals surface area contributed by atoms with Gasteiger partial charge in [-0.1, -0.05) is 0 Å². The van der Waals surface area contributed by atoms with E-state index < -0.39 is 23.2 Å². The number of benzene rings is 2. The van der Waals surface area contributed by atoms with Gasteiger partial charge in [0.1, 0.15) is 17.2 Å². The van der Waals surface area contributed by atoms with Gasteiger partial charge >= 0.3 is 0 Å². The monoisotopic (exact) mass is 499 g/mol. The van der Waals surface area contributed by atoms with E-state index in [0.29, 0.717) is 15.8 Å². The molecule has 5 rings (SSSR count). The van der Waals surface area contributed by atoms with Crippen LogP contribution in [0, 0.1) is 5.82 Å². The van der Waals surface area contributed by atoms with Gasteiger partial charge < -0.3 is 23.6 Å². The van der Waals surface area contributed by atoms with E-state index in [1.54, 1.807) is 18.2 Å². The van der Waals surface area contributed by atoms with E-state index in [9.17, 15) is 19.1 Å². The summed E-state index contributed by atoms with van der Waals surface area (Å²) in [5.41, 5.74) is 0.184. The maximum absolute atomic E-state index is 13.9. The number of phenols is 1. The van der Waals surface area contributed by atoms with E-state index >= 15 is 0 Å². The molecular weight excluding hydrogens is 485 g/mol. The lowest BCUT2D eigenvalue weighted by Crippen LogP contribution is -2.29. The molecule has 0 bridgehead atoms. The number of amides is 1. The zero-order chi connectivity index (χ0) is 22.6. The summed E-state index contributed by atoms with van der Waals surface area (Å²) in [6.45, 7) is 0.0612. The number of furan rings is 1. The molecule has 1 atom stereocenters. The zero-order valence-corrected chi connectivity index (χ0v) is 18.2. The summed E-state index contributed by atoms with van der Waals surface area (Å²) in [4.78, 5) is 28.2. The van der Waals surface area contributed by atoms with Crippen LogP contribution in [0.1, 0.15) is 33.5 Å². The normalized spacial score (nSPS) is 15.4. The first-order valence-corrected chi connectivity index (χ1v) is 10.3. The smallest absolute Gasteiger partial charge is 0.291 e. The molecule has 1 N–H and O–H groups in total. The number of carbonyl (C=O) groups is 1. The first-order valence-electron chi connectivity index (χ1n) is 9.55. The second-order valence-corrected chi connectivity index (χ2v) is 8.14. The number of phenolic OH excluding ortho intramolecular Hbond substituents is 1. The molecule has 32 heavy (non-hydrogen) atoms. The molecule has 9 heteroatoms. The van der Waals surface area contributed by atoms with Crippen molar-refractivity contribution in [1.82, 2.24) is 4.90 Å². The number of halogens is 2. The van der Waals surface area contributed by atoms with Crippen LogP contribution in [0.5, 0.6) is 11.5 Å². The minimum Gasteiger partial charge on any atom is -0.503 e. The van der Waals surface area contributed by atoms with E-state index in [0.717, 1.165) is 12.1 Å². The molecule has 1 aliphatic rings. The molecule has 162 valence electrons. The number of aromatic hydroxyl groups is 1. The Labute approximate surface area is 188 Å². The van der Waals surface area contributed by atoms with Gasteiger partial charge in [-0.15, -0.1) is 0 Å². The lowest BCUT2D eigenvalue weighted by molar-refractivity contribution is 0.0701. The number of fused-ring (bicyclic) bond motifs is 2. The molecule has 2 aromatic carbocycles. The summed E-state index contributed by atoms with van der Waals surface area (Å²) in [5, 5.41) is 10.3. The molecule has 4 aromatic rings. The fourth-order valence-electron chi connectivity index (χ4n) is 3.98. The maximum atomic E-state index is 13.9. The summed E-state index contributed by atoms with van der Waals surface area (Å²) in [6, 6.07) is 9.23. The third-order valence-corrected chi connectivity index (χ3v) is 6.02. The largest absolute Gasteiger partial charge is 0.503 e. The van der Waals surface area contributed by atoms with Crippen molar-refractivity contribution in [2.45, 2.75) is 12.6 Å². The summed E-state index contributed by atoms with van der Waals surface area (Å²) in [5.74, 6) is -0.673. The van der Waals surface area contributed by atoms with Gasteiger partial charge in [0.25, 0.3) is 5.91 Å². The average Bonchev–Trinajstić information content (AvgIpc) is 3.38. The second-order valence-electron chi connectivity index (χ2n) is 7.28. The SMILES string of the molecule is COc1cc(C2c3c(oc4ccc(F)cc4c3=O)C(=O)N2Cc2ccco2)cc(Br)c1O. The Kier molecular flexibility index (Phi) is 4.78. The van der Waals surface area contributed by atoms with Crippen molar-refractivity contribution in [2.75, 3.05) is 7.11 Å². The van der Waals surface area contributed by atoms with E-state index in [-0.39, 0.29) is 40.3 Å². The fourth-order valence-corrected chi connectivity index (χ4v) is 4.44.